The van der Waals surface area contributed by atoms with E-state index in [2.05, 4.69) is 93.2 Å². The van der Waals surface area contributed by atoms with Gasteiger partial charge in [-0.05, 0) is 73.2 Å². The molecule has 5 aromatic rings. The van der Waals surface area contributed by atoms with E-state index < -0.39 is 5.89 Å². The minimum Gasteiger partial charge on any atom is -0.237 e. The van der Waals surface area contributed by atoms with Crippen LogP contribution in [-0.4, -0.2) is 4.98 Å². The SMILES string of the molecule is [2H]C1(c2ccc3cc4c(nc3c2)sc2c[n+](C)c(-c3ccccc3C)cc24)CCC(C)(C)CC1. The average Bonchev–Trinajstić information content (AvgIpc) is 3.15. The fourth-order valence-corrected chi connectivity index (χ4v) is 6.43. The highest BCUT2D eigenvalue weighted by atomic mass is 32.1. The van der Waals surface area contributed by atoms with Crippen LogP contribution in [0.1, 0.15) is 57.9 Å². The van der Waals surface area contributed by atoms with E-state index in [-0.39, 0.29) is 0 Å². The summed E-state index contributed by atoms with van der Waals surface area (Å²) < 4.78 is 12.7. The Balaban J connectivity index is 1.48. The highest BCUT2D eigenvalue weighted by molar-refractivity contribution is 7.25. The number of hydrogen-bond acceptors (Lipinski definition) is 2. The lowest BCUT2D eigenvalue weighted by Crippen LogP contribution is -2.30. The van der Waals surface area contributed by atoms with Crippen LogP contribution in [0.3, 0.4) is 0 Å². The summed E-state index contributed by atoms with van der Waals surface area (Å²) in [6.45, 7) is 6.83. The molecular weight excluding hydrogens is 420 g/mol. The summed E-state index contributed by atoms with van der Waals surface area (Å²) in [5, 5.41) is 3.64. The van der Waals surface area contributed by atoms with Crippen molar-refractivity contribution in [2.75, 3.05) is 0 Å². The molecule has 2 aromatic carbocycles. The van der Waals surface area contributed by atoms with Crippen molar-refractivity contribution in [1.29, 1.82) is 0 Å². The van der Waals surface area contributed by atoms with Crippen LogP contribution in [0.25, 0.3) is 42.5 Å². The van der Waals surface area contributed by atoms with Gasteiger partial charge in [0, 0.05) is 29.2 Å². The van der Waals surface area contributed by atoms with Crippen molar-refractivity contribution >= 4 is 42.5 Å². The molecule has 0 unspecified atom stereocenters. The third-order valence-electron chi connectivity index (χ3n) is 7.55. The molecule has 1 aliphatic rings. The first-order chi connectivity index (χ1) is 16.2. The monoisotopic (exact) mass is 452 g/mol. The molecule has 0 N–H and O–H groups in total. The van der Waals surface area contributed by atoms with Crippen LogP contribution in [0, 0.1) is 12.3 Å². The Kier molecular flexibility index (Phi) is 4.55. The van der Waals surface area contributed by atoms with Gasteiger partial charge in [0.2, 0.25) is 5.69 Å². The molecule has 2 nitrogen and oxygen atoms in total. The molecule has 0 radical (unpaired) electrons. The van der Waals surface area contributed by atoms with Crippen LogP contribution in [0.5, 0.6) is 0 Å². The lowest BCUT2D eigenvalue weighted by atomic mass is 9.71. The van der Waals surface area contributed by atoms with Crippen LogP contribution in [0.2, 0.25) is 0 Å². The van der Waals surface area contributed by atoms with Crippen molar-refractivity contribution in [3.63, 3.8) is 0 Å². The van der Waals surface area contributed by atoms with Crippen LogP contribution in [0.15, 0.2) is 60.8 Å². The van der Waals surface area contributed by atoms with E-state index in [0.717, 1.165) is 47.0 Å². The molecule has 0 atom stereocenters. The summed E-state index contributed by atoms with van der Waals surface area (Å²) in [5.74, 6) is -0.489. The molecule has 166 valence electrons. The largest absolute Gasteiger partial charge is 0.237 e. The Hall–Kier alpha value is -2.78. The van der Waals surface area contributed by atoms with Crippen molar-refractivity contribution in [2.24, 2.45) is 12.5 Å². The van der Waals surface area contributed by atoms with E-state index in [4.69, 9.17) is 4.98 Å². The average molecular weight is 453 g/mol. The fourth-order valence-electron chi connectivity index (χ4n) is 5.31. The number of nitrogens with zero attached hydrogens (tertiary/aromatic N) is 2. The van der Waals surface area contributed by atoms with Gasteiger partial charge in [-0.15, -0.1) is 11.3 Å². The molecule has 0 saturated heterocycles. The van der Waals surface area contributed by atoms with Crippen LogP contribution < -0.4 is 4.57 Å². The zero-order valence-corrected chi connectivity index (χ0v) is 20.7. The number of rotatable bonds is 2. The molecule has 0 aliphatic heterocycles. The lowest BCUT2D eigenvalue weighted by molar-refractivity contribution is -0.659. The maximum Gasteiger partial charge on any atom is 0.213 e. The van der Waals surface area contributed by atoms with Crippen molar-refractivity contribution in [1.82, 2.24) is 4.98 Å². The first-order valence-electron chi connectivity index (χ1n) is 12.5. The van der Waals surface area contributed by atoms with Crippen LogP contribution in [-0.2, 0) is 7.05 Å². The van der Waals surface area contributed by atoms with Gasteiger partial charge in [-0.25, -0.2) is 4.98 Å². The first-order valence-corrected chi connectivity index (χ1v) is 12.8. The highest BCUT2D eigenvalue weighted by Gasteiger charge is 2.27. The maximum absolute atomic E-state index is 9.18. The van der Waals surface area contributed by atoms with E-state index in [1.54, 1.807) is 11.3 Å². The van der Waals surface area contributed by atoms with Gasteiger partial charge in [-0.2, -0.15) is 4.57 Å². The number of pyridine rings is 2. The quantitative estimate of drug-likeness (QED) is 0.247. The predicted molar refractivity (Wildman–Crippen MR) is 141 cm³/mol. The second-order valence-corrected chi connectivity index (χ2v) is 11.5. The highest BCUT2D eigenvalue weighted by Crippen LogP contribution is 2.43. The molecule has 1 saturated carbocycles. The molecule has 3 heterocycles. The summed E-state index contributed by atoms with van der Waals surface area (Å²) in [4.78, 5) is 6.18. The molecule has 33 heavy (non-hydrogen) atoms. The van der Waals surface area contributed by atoms with Gasteiger partial charge in [0.25, 0.3) is 0 Å². The maximum atomic E-state index is 9.18. The van der Waals surface area contributed by atoms with Crippen LogP contribution >= 0.6 is 11.3 Å². The Morgan fingerprint density at radius 2 is 1.82 bits per heavy atom. The van der Waals surface area contributed by atoms with Crippen LogP contribution in [0.4, 0.5) is 0 Å². The predicted octanol–water partition coefficient (Wildman–Crippen LogP) is 8.09. The number of aryl methyl sites for hydroxylation is 2. The molecule has 1 aliphatic carbocycles. The number of aromatic nitrogens is 2. The molecule has 0 spiro atoms. The zero-order valence-electron chi connectivity index (χ0n) is 20.9. The Morgan fingerprint density at radius 3 is 2.61 bits per heavy atom. The van der Waals surface area contributed by atoms with Gasteiger partial charge in [-0.3, -0.25) is 0 Å². The molecule has 3 aromatic heterocycles. The van der Waals surface area contributed by atoms with Gasteiger partial charge in [0.1, 0.15) is 16.6 Å². The fraction of sp³-hybridized carbons (Fsp3) is 0.333. The number of benzene rings is 2. The Labute approximate surface area is 201 Å². The summed E-state index contributed by atoms with van der Waals surface area (Å²) in [6, 6.07) is 19.7. The Morgan fingerprint density at radius 1 is 1.03 bits per heavy atom. The molecular formula is C30H31N2S+. The topological polar surface area (TPSA) is 16.8 Å². The van der Waals surface area contributed by atoms with Crippen molar-refractivity contribution in [2.45, 2.75) is 52.3 Å². The second kappa shape index (κ2) is 7.63. The smallest absolute Gasteiger partial charge is 0.213 e. The van der Waals surface area contributed by atoms with Crippen molar-refractivity contribution in [3.05, 3.63) is 71.9 Å². The lowest BCUT2D eigenvalue weighted by Gasteiger charge is -2.34. The Bertz CT molecular complexity index is 1570. The molecule has 1 fully saturated rings. The van der Waals surface area contributed by atoms with Gasteiger partial charge >= 0.3 is 0 Å². The zero-order chi connectivity index (χ0) is 23.7. The summed E-state index contributed by atoms with van der Waals surface area (Å²) in [6.07, 6.45) is 6.31. The van der Waals surface area contributed by atoms with Gasteiger partial charge in [-0.1, -0.05) is 44.2 Å². The van der Waals surface area contributed by atoms with Gasteiger partial charge in [0.05, 0.1) is 5.52 Å². The molecule has 3 heteroatoms. The molecule has 0 bridgehead atoms. The number of hydrogen-bond donors (Lipinski definition) is 0. The van der Waals surface area contributed by atoms with E-state index in [1.807, 2.05) is 0 Å². The van der Waals surface area contributed by atoms with E-state index in [1.165, 1.54) is 32.3 Å². The van der Waals surface area contributed by atoms with Gasteiger partial charge in [0.15, 0.2) is 6.20 Å². The number of thiophene rings is 1. The van der Waals surface area contributed by atoms with E-state index >= 15 is 0 Å². The first kappa shape index (κ1) is 19.7. The van der Waals surface area contributed by atoms with Crippen molar-refractivity contribution < 1.29 is 5.94 Å². The van der Waals surface area contributed by atoms with Crippen molar-refractivity contribution in [3.8, 4) is 11.3 Å². The molecule has 0 amide bonds. The summed E-state index contributed by atoms with van der Waals surface area (Å²) in [5.41, 5.74) is 6.26. The van der Waals surface area contributed by atoms with Gasteiger partial charge < -0.3 is 0 Å². The third kappa shape index (κ3) is 3.63. The molecule has 6 rings (SSSR count). The second-order valence-electron chi connectivity index (χ2n) is 10.5. The van der Waals surface area contributed by atoms with E-state index in [9.17, 15) is 1.37 Å². The van der Waals surface area contributed by atoms with E-state index in [0.29, 0.717) is 5.41 Å². The normalized spacial score (nSPS) is 18.1. The summed E-state index contributed by atoms with van der Waals surface area (Å²) >= 11 is 1.76. The number of fused-ring (bicyclic) bond motifs is 4. The standard InChI is InChI=1S/C30H31N2S/c1-19-7-5-6-8-23(19)27-17-24-25-15-22-10-9-21(20-11-13-30(2,3)14-12-20)16-26(22)31-29(25)33-28(24)18-32(27)4/h5-10,15-18,20H,11-14H2,1-4H3/q+1/i20D. The minimum atomic E-state index is -0.489. The minimum absolute atomic E-state index is 0.357. The third-order valence-corrected chi connectivity index (χ3v) is 8.60. The summed E-state index contributed by atoms with van der Waals surface area (Å²) in [7, 11) is 2.13.